The van der Waals surface area contributed by atoms with Crippen LogP contribution in [0.2, 0.25) is 5.02 Å². The molecule has 3 rings (SSSR count). The van der Waals surface area contributed by atoms with E-state index in [1.807, 2.05) is 50.2 Å². The van der Waals surface area contributed by atoms with Gasteiger partial charge in [0, 0.05) is 16.3 Å². The Morgan fingerprint density at radius 1 is 1.17 bits per heavy atom. The number of halogens is 1. The van der Waals surface area contributed by atoms with Crippen LogP contribution in [0.5, 0.6) is 0 Å². The Balaban J connectivity index is 1.75. The van der Waals surface area contributed by atoms with Crippen molar-refractivity contribution in [3.8, 4) is 11.5 Å². The molecule has 24 heavy (non-hydrogen) atoms. The van der Waals surface area contributed by atoms with Gasteiger partial charge in [0.1, 0.15) is 5.76 Å². The van der Waals surface area contributed by atoms with E-state index in [-0.39, 0.29) is 12.3 Å². The highest BCUT2D eigenvalue weighted by molar-refractivity contribution is 6.31. The van der Waals surface area contributed by atoms with Gasteiger partial charge < -0.3 is 9.73 Å². The molecule has 1 aromatic heterocycles. The van der Waals surface area contributed by atoms with Crippen LogP contribution in [-0.2, 0) is 11.2 Å². The highest BCUT2D eigenvalue weighted by Crippen LogP contribution is 2.23. The summed E-state index contributed by atoms with van der Waals surface area (Å²) in [6.45, 7) is 3.73. The van der Waals surface area contributed by atoms with Gasteiger partial charge in [0.2, 0.25) is 11.8 Å². The van der Waals surface area contributed by atoms with Crippen LogP contribution in [0.4, 0.5) is 5.69 Å². The lowest BCUT2D eigenvalue weighted by molar-refractivity contribution is -0.115. The van der Waals surface area contributed by atoms with Crippen LogP contribution in [0.15, 0.2) is 52.9 Å². The maximum Gasteiger partial charge on any atom is 0.230 e. The predicted octanol–water partition coefficient (Wildman–Crippen LogP) is 4.79. The molecular weight excluding hydrogens is 324 g/mol. The van der Waals surface area contributed by atoms with Gasteiger partial charge in [0.15, 0.2) is 0 Å². The Bertz CT molecular complexity index is 872. The second-order valence-corrected chi connectivity index (χ2v) is 6.01. The number of oxazole rings is 1. The standard InChI is InChI=1S/C19H17ClN2O2/c1-12-8-9-15(20)10-16(12)21-18(23)11-17-13(2)24-19(22-17)14-6-4-3-5-7-14/h3-10H,11H2,1-2H3,(H,21,23). The molecule has 5 heteroatoms. The van der Waals surface area contributed by atoms with E-state index in [1.165, 1.54) is 0 Å². The summed E-state index contributed by atoms with van der Waals surface area (Å²) in [4.78, 5) is 16.8. The minimum atomic E-state index is -0.156. The maximum absolute atomic E-state index is 12.3. The van der Waals surface area contributed by atoms with Gasteiger partial charge in [-0.1, -0.05) is 35.9 Å². The van der Waals surface area contributed by atoms with E-state index in [9.17, 15) is 4.79 Å². The van der Waals surface area contributed by atoms with E-state index < -0.39 is 0 Å². The summed E-state index contributed by atoms with van der Waals surface area (Å²) < 4.78 is 5.68. The minimum Gasteiger partial charge on any atom is -0.441 e. The first-order valence-corrected chi connectivity index (χ1v) is 7.98. The Hall–Kier alpha value is -2.59. The molecule has 0 spiro atoms. The summed E-state index contributed by atoms with van der Waals surface area (Å²) in [5, 5.41) is 3.45. The average Bonchev–Trinajstić information content (AvgIpc) is 2.92. The fourth-order valence-electron chi connectivity index (χ4n) is 2.37. The second kappa shape index (κ2) is 6.89. The molecule has 0 saturated carbocycles. The van der Waals surface area contributed by atoms with Crippen molar-refractivity contribution in [2.45, 2.75) is 20.3 Å². The first-order valence-electron chi connectivity index (χ1n) is 7.60. The molecule has 4 nitrogen and oxygen atoms in total. The molecule has 0 aliphatic carbocycles. The molecule has 1 N–H and O–H groups in total. The number of hydrogen-bond donors (Lipinski definition) is 1. The van der Waals surface area contributed by atoms with Gasteiger partial charge in [0.25, 0.3) is 0 Å². The van der Waals surface area contributed by atoms with Crippen LogP contribution in [0.25, 0.3) is 11.5 Å². The summed E-state index contributed by atoms with van der Waals surface area (Å²) >= 11 is 5.98. The summed E-state index contributed by atoms with van der Waals surface area (Å²) in [5.41, 5.74) is 3.18. The number of nitrogens with one attached hydrogen (secondary N) is 1. The number of benzene rings is 2. The van der Waals surface area contributed by atoms with E-state index >= 15 is 0 Å². The fourth-order valence-corrected chi connectivity index (χ4v) is 2.54. The number of amides is 1. The number of carbonyl (C=O) groups is 1. The number of carbonyl (C=O) groups excluding carboxylic acids is 1. The second-order valence-electron chi connectivity index (χ2n) is 5.57. The molecular formula is C19H17ClN2O2. The van der Waals surface area contributed by atoms with Gasteiger partial charge in [-0.2, -0.15) is 0 Å². The minimum absolute atomic E-state index is 0.147. The number of aromatic nitrogens is 1. The zero-order chi connectivity index (χ0) is 17.1. The Morgan fingerprint density at radius 2 is 1.92 bits per heavy atom. The topological polar surface area (TPSA) is 55.1 Å². The van der Waals surface area contributed by atoms with Gasteiger partial charge in [-0.3, -0.25) is 4.79 Å². The van der Waals surface area contributed by atoms with Crippen LogP contribution in [0, 0.1) is 13.8 Å². The molecule has 1 amide bonds. The van der Waals surface area contributed by atoms with E-state index in [1.54, 1.807) is 12.1 Å². The van der Waals surface area contributed by atoms with E-state index in [0.717, 1.165) is 11.1 Å². The molecule has 0 saturated heterocycles. The van der Waals surface area contributed by atoms with Crippen molar-refractivity contribution in [1.29, 1.82) is 0 Å². The van der Waals surface area contributed by atoms with Crippen molar-refractivity contribution >= 4 is 23.2 Å². The molecule has 3 aromatic rings. The number of anilines is 1. The van der Waals surface area contributed by atoms with Crippen molar-refractivity contribution in [2.24, 2.45) is 0 Å². The van der Waals surface area contributed by atoms with Gasteiger partial charge >= 0.3 is 0 Å². The third-order valence-electron chi connectivity index (χ3n) is 3.72. The van der Waals surface area contributed by atoms with Gasteiger partial charge in [0.05, 0.1) is 12.1 Å². The third kappa shape index (κ3) is 3.66. The van der Waals surface area contributed by atoms with Crippen LogP contribution >= 0.6 is 11.6 Å². The number of rotatable bonds is 4. The fraction of sp³-hybridized carbons (Fsp3) is 0.158. The SMILES string of the molecule is Cc1ccc(Cl)cc1NC(=O)Cc1nc(-c2ccccc2)oc1C. The quantitative estimate of drug-likeness (QED) is 0.742. The molecule has 0 unspecified atom stereocenters. The molecule has 1 heterocycles. The average molecular weight is 341 g/mol. The molecule has 0 radical (unpaired) electrons. The van der Waals surface area contributed by atoms with Crippen LogP contribution in [-0.4, -0.2) is 10.9 Å². The summed E-state index contributed by atoms with van der Waals surface area (Å²) in [5.74, 6) is 1.01. The lowest BCUT2D eigenvalue weighted by Gasteiger charge is -2.08. The van der Waals surface area contributed by atoms with E-state index in [2.05, 4.69) is 10.3 Å². The third-order valence-corrected chi connectivity index (χ3v) is 3.95. The maximum atomic E-state index is 12.3. The molecule has 0 bridgehead atoms. The van der Waals surface area contributed by atoms with Crippen molar-refractivity contribution in [1.82, 2.24) is 4.98 Å². The molecule has 0 aliphatic rings. The zero-order valence-corrected chi connectivity index (χ0v) is 14.2. The molecule has 122 valence electrons. The smallest absolute Gasteiger partial charge is 0.230 e. The molecule has 0 atom stereocenters. The van der Waals surface area contributed by atoms with Gasteiger partial charge in [-0.15, -0.1) is 0 Å². The lowest BCUT2D eigenvalue weighted by Crippen LogP contribution is -2.15. The molecule has 2 aromatic carbocycles. The van der Waals surface area contributed by atoms with Crippen LogP contribution < -0.4 is 5.32 Å². The Labute approximate surface area is 145 Å². The molecule has 0 fully saturated rings. The highest BCUT2D eigenvalue weighted by Gasteiger charge is 2.15. The lowest BCUT2D eigenvalue weighted by atomic mass is 10.2. The van der Waals surface area contributed by atoms with Crippen LogP contribution in [0.3, 0.4) is 0 Å². The Kier molecular flexibility index (Phi) is 4.67. The largest absolute Gasteiger partial charge is 0.441 e. The van der Waals surface area contributed by atoms with Crippen LogP contribution in [0.1, 0.15) is 17.0 Å². The van der Waals surface area contributed by atoms with Gasteiger partial charge in [-0.05, 0) is 43.7 Å². The van der Waals surface area contributed by atoms with Crippen molar-refractivity contribution in [2.75, 3.05) is 5.32 Å². The Morgan fingerprint density at radius 3 is 2.67 bits per heavy atom. The first kappa shape index (κ1) is 16.3. The van der Waals surface area contributed by atoms with E-state index in [4.69, 9.17) is 16.0 Å². The first-order chi connectivity index (χ1) is 11.5. The zero-order valence-electron chi connectivity index (χ0n) is 13.5. The monoisotopic (exact) mass is 340 g/mol. The van der Waals surface area contributed by atoms with E-state index in [0.29, 0.717) is 28.1 Å². The predicted molar refractivity (Wildman–Crippen MR) is 95.2 cm³/mol. The highest BCUT2D eigenvalue weighted by atomic mass is 35.5. The molecule has 0 aliphatic heterocycles. The van der Waals surface area contributed by atoms with Crippen molar-refractivity contribution in [3.05, 3.63) is 70.6 Å². The van der Waals surface area contributed by atoms with Crippen molar-refractivity contribution < 1.29 is 9.21 Å². The summed E-state index contributed by atoms with van der Waals surface area (Å²) in [6, 6.07) is 15.0. The number of aryl methyl sites for hydroxylation is 2. The summed E-state index contributed by atoms with van der Waals surface area (Å²) in [7, 11) is 0. The van der Waals surface area contributed by atoms with Crippen molar-refractivity contribution in [3.63, 3.8) is 0 Å². The van der Waals surface area contributed by atoms with Gasteiger partial charge in [-0.25, -0.2) is 4.98 Å². The normalized spacial score (nSPS) is 10.6. The number of nitrogens with zero attached hydrogens (tertiary/aromatic N) is 1. The number of hydrogen-bond acceptors (Lipinski definition) is 3. The summed E-state index contributed by atoms with van der Waals surface area (Å²) in [6.07, 6.45) is 0.147.